The van der Waals surface area contributed by atoms with Crippen molar-refractivity contribution in [1.29, 1.82) is 0 Å². The summed E-state index contributed by atoms with van der Waals surface area (Å²) in [6, 6.07) is 5.45. The van der Waals surface area contributed by atoms with Gasteiger partial charge in [-0.3, -0.25) is 4.79 Å². The molecule has 0 spiro atoms. The van der Waals surface area contributed by atoms with Gasteiger partial charge in [0.15, 0.2) is 11.6 Å². The van der Waals surface area contributed by atoms with E-state index in [0.29, 0.717) is 24.4 Å². The highest BCUT2D eigenvalue weighted by atomic mass is 35.5. The predicted octanol–water partition coefficient (Wildman–Crippen LogP) is 8.82. The lowest BCUT2D eigenvalue weighted by atomic mass is 10.00. The SMILES string of the molecule is C=C(Nc1ccc(Cl)c(C(=O)Nc2ncc(F)cc2F)c1)C1C(c2cc(C(F)(F)F)cc(C(F)(F)F)c2)C1(Cl)Cl. The molecule has 2 atom stereocenters. The summed E-state index contributed by atoms with van der Waals surface area (Å²) in [5, 5.41) is 4.83. The van der Waals surface area contributed by atoms with Gasteiger partial charge in [-0.2, -0.15) is 26.3 Å². The second-order valence-corrected chi connectivity index (χ2v) is 10.6. The Labute approximate surface area is 235 Å². The minimum atomic E-state index is -5.07. The van der Waals surface area contributed by atoms with Gasteiger partial charge in [-0.15, -0.1) is 23.2 Å². The minimum absolute atomic E-state index is 0.00822. The number of nitrogens with one attached hydrogen (secondary N) is 2. The molecule has 15 heteroatoms. The van der Waals surface area contributed by atoms with E-state index in [2.05, 4.69) is 22.2 Å². The Balaban J connectivity index is 1.57. The van der Waals surface area contributed by atoms with Crippen LogP contribution in [0, 0.1) is 17.6 Å². The van der Waals surface area contributed by atoms with Crippen molar-refractivity contribution < 1.29 is 39.9 Å². The van der Waals surface area contributed by atoms with Gasteiger partial charge in [-0.1, -0.05) is 18.2 Å². The quantitative estimate of drug-likeness (QED) is 0.211. The maximum atomic E-state index is 13.9. The number of halogens is 11. The lowest BCUT2D eigenvalue weighted by Crippen LogP contribution is -2.15. The van der Waals surface area contributed by atoms with Crippen molar-refractivity contribution in [2.75, 3.05) is 10.6 Å². The molecule has 1 amide bonds. The van der Waals surface area contributed by atoms with Gasteiger partial charge in [0.25, 0.3) is 5.91 Å². The molecule has 0 bridgehead atoms. The first-order chi connectivity index (χ1) is 18.4. The van der Waals surface area contributed by atoms with Crippen molar-refractivity contribution in [3.8, 4) is 0 Å². The number of hydrogen-bond donors (Lipinski definition) is 2. The third kappa shape index (κ3) is 6.13. The van der Waals surface area contributed by atoms with E-state index in [1.165, 1.54) is 18.2 Å². The summed E-state index contributed by atoms with van der Waals surface area (Å²) in [7, 11) is 0. The molecule has 1 aliphatic rings. The Morgan fingerprint density at radius 3 is 2.08 bits per heavy atom. The largest absolute Gasteiger partial charge is 0.416 e. The molecule has 1 saturated carbocycles. The van der Waals surface area contributed by atoms with Gasteiger partial charge < -0.3 is 10.6 Å². The van der Waals surface area contributed by atoms with E-state index in [1.54, 1.807) is 0 Å². The summed E-state index contributed by atoms with van der Waals surface area (Å²) in [5.41, 5.74) is -3.46. The molecule has 212 valence electrons. The number of hydrogen-bond acceptors (Lipinski definition) is 3. The average Bonchev–Trinajstić information content (AvgIpc) is 3.42. The number of pyridine rings is 1. The average molecular weight is 631 g/mol. The number of benzene rings is 2. The number of nitrogens with zero attached hydrogens (tertiary/aromatic N) is 1. The number of carbonyl (C=O) groups excluding carboxylic acids is 1. The van der Waals surface area contributed by atoms with Crippen LogP contribution in [0.4, 0.5) is 46.6 Å². The van der Waals surface area contributed by atoms with Crippen LogP contribution in [0.25, 0.3) is 0 Å². The van der Waals surface area contributed by atoms with Gasteiger partial charge in [0.2, 0.25) is 0 Å². The van der Waals surface area contributed by atoms with Gasteiger partial charge in [0.1, 0.15) is 10.2 Å². The number of alkyl halides is 8. The van der Waals surface area contributed by atoms with Crippen molar-refractivity contribution in [3.05, 3.63) is 99.8 Å². The highest BCUT2D eigenvalue weighted by molar-refractivity contribution is 6.52. The van der Waals surface area contributed by atoms with Gasteiger partial charge in [-0.25, -0.2) is 13.8 Å². The standard InChI is InChI=1S/C25H14Cl3F8N3O/c1-10(19-20(23(19,27)28)11-4-12(24(31,32)33)6-13(5-11)25(34,35)36)38-15-2-3-17(26)16(8-15)22(40)39-21-18(30)7-14(29)9-37-21/h2-9,19-20,38H,1H2,(H,37,39,40). The normalized spacial score (nSPS) is 18.3. The molecule has 2 aromatic carbocycles. The monoisotopic (exact) mass is 629 g/mol. The fourth-order valence-electron chi connectivity index (χ4n) is 4.06. The lowest BCUT2D eigenvalue weighted by molar-refractivity contribution is -0.143. The van der Waals surface area contributed by atoms with Crippen LogP contribution in [0.2, 0.25) is 5.02 Å². The van der Waals surface area contributed by atoms with Crippen molar-refractivity contribution in [1.82, 2.24) is 4.98 Å². The third-order valence-electron chi connectivity index (χ3n) is 5.95. The third-order valence-corrected chi connectivity index (χ3v) is 7.22. The molecule has 2 unspecified atom stereocenters. The fraction of sp³-hybridized carbons (Fsp3) is 0.200. The second kappa shape index (κ2) is 10.4. The zero-order chi connectivity index (χ0) is 29.8. The number of anilines is 2. The van der Waals surface area contributed by atoms with Crippen molar-refractivity contribution in [2.45, 2.75) is 22.6 Å². The summed E-state index contributed by atoms with van der Waals surface area (Å²) >= 11 is 18.6. The highest BCUT2D eigenvalue weighted by Gasteiger charge is 2.65. The summed E-state index contributed by atoms with van der Waals surface area (Å²) in [6.07, 6.45) is -9.45. The predicted molar refractivity (Wildman–Crippen MR) is 133 cm³/mol. The lowest BCUT2D eigenvalue weighted by Gasteiger charge is -2.15. The van der Waals surface area contributed by atoms with E-state index in [4.69, 9.17) is 34.8 Å². The molecule has 4 nitrogen and oxygen atoms in total. The molecule has 4 rings (SSSR count). The number of allylic oxidation sites excluding steroid dienone is 1. The van der Waals surface area contributed by atoms with E-state index < -0.39 is 68.6 Å². The summed E-state index contributed by atoms with van der Waals surface area (Å²) in [6.45, 7) is 3.76. The first-order valence-electron chi connectivity index (χ1n) is 10.9. The summed E-state index contributed by atoms with van der Waals surface area (Å²) in [4.78, 5) is 16.1. The molecule has 40 heavy (non-hydrogen) atoms. The van der Waals surface area contributed by atoms with E-state index in [0.717, 1.165) is 0 Å². The first-order valence-corrected chi connectivity index (χ1v) is 12.1. The van der Waals surface area contributed by atoms with Crippen LogP contribution >= 0.6 is 34.8 Å². The van der Waals surface area contributed by atoms with Crippen molar-refractivity contribution in [2.24, 2.45) is 5.92 Å². The Morgan fingerprint density at radius 1 is 0.925 bits per heavy atom. The number of rotatable bonds is 6. The molecular weight excluding hydrogens is 617 g/mol. The van der Waals surface area contributed by atoms with Gasteiger partial charge in [0.05, 0.1) is 27.9 Å². The fourth-order valence-corrected chi connectivity index (χ4v) is 5.15. The van der Waals surface area contributed by atoms with Crippen molar-refractivity contribution >= 4 is 52.2 Å². The highest BCUT2D eigenvalue weighted by Crippen LogP contribution is 2.67. The minimum Gasteiger partial charge on any atom is -0.359 e. The molecule has 1 fully saturated rings. The molecule has 2 N–H and O–H groups in total. The van der Waals surface area contributed by atoms with E-state index in [1.807, 2.05) is 0 Å². The zero-order valence-electron chi connectivity index (χ0n) is 19.5. The van der Waals surface area contributed by atoms with Gasteiger partial charge in [0, 0.05) is 29.3 Å². The first kappa shape index (κ1) is 29.9. The van der Waals surface area contributed by atoms with Crippen LogP contribution in [-0.4, -0.2) is 15.2 Å². The topological polar surface area (TPSA) is 54.0 Å². The van der Waals surface area contributed by atoms with E-state index in [-0.39, 0.29) is 28.0 Å². The second-order valence-electron chi connectivity index (χ2n) is 8.75. The Kier molecular flexibility index (Phi) is 7.76. The number of aromatic nitrogens is 1. The van der Waals surface area contributed by atoms with Crippen LogP contribution in [0.3, 0.4) is 0 Å². The molecule has 1 aliphatic carbocycles. The van der Waals surface area contributed by atoms with Crippen LogP contribution < -0.4 is 10.6 Å². The summed E-state index contributed by atoms with van der Waals surface area (Å²) in [5.74, 6) is -5.83. The van der Waals surface area contributed by atoms with E-state index >= 15 is 0 Å². The molecular formula is C25H14Cl3F8N3O. The van der Waals surface area contributed by atoms with Gasteiger partial charge >= 0.3 is 12.4 Å². The smallest absolute Gasteiger partial charge is 0.359 e. The molecule has 3 aromatic rings. The molecule has 0 aliphatic heterocycles. The van der Waals surface area contributed by atoms with Crippen molar-refractivity contribution in [3.63, 3.8) is 0 Å². The maximum absolute atomic E-state index is 13.9. The summed E-state index contributed by atoms with van der Waals surface area (Å²) < 4.78 is 105. The van der Waals surface area contributed by atoms with Crippen LogP contribution in [-0.2, 0) is 12.4 Å². The Hall–Kier alpha value is -3.09. The molecule has 1 heterocycles. The zero-order valence-corrected chi connectivity index (χ0v) is 21.8. The molecule has 0 saturated heterocycles. The van der Waals surface area contributed by atoms with Crippen LogP contribution in [0.15, 0.2) is 60.9 Å². The maximum Gasteiger partial charge on any atom is 0.416 e. The number of carbonyl (C=O) groups is 1. The number of amides is 1. The Bertz CT molecular complexity index is 1480. The van der Waals surface area contributed by atoms with Gasteiger partial charge in [-0.05, 0) is 42.0 Å². The molecule has 1 aromatic heterocycles. The Morgan fingerprint density at radius 2 is 1.52 bits per heavy atom. The van der Waals surface area contributed by atoms with Crippen LogP contribution in [0.5, 0.6) is 0 Å². The molecule has 0 radical (unpaired) electrons. The van der Waals surface area contributed by atoms with E-state index in [9.17, 15) is 39.9 Å². The van der Waals surface area contributed by atoms with Crippen LogP contribution in [0.1, 0.15) is 33.0 Å².